The number of amides is 1. The fourth-order valence-corrected chi connectivity index (χ4v) is 3.48. The van der Waals surface area contributed by atoms with Gasteiger partial charge in [-0.1, -0.05) is 16.8 Å². The van der Waals surface area contributed by atoms with Gasteiger partial charge in [0.1, 0.15) is 0 Å². The first-order chi connectivity index (χ1) is 12.5. The van der Waals surface area contributed by atoms with Crippen LogP contribution in [0.25, 0.3) is 11.3 Å². The Bertz CT molecular complexity index is 737. The van der Waals surface area contributed by atoms with Crippen LogP contribution >= 0.6 is 11.6 Å². The van der Waals surface area contributed by atoms with Crippen LogP contribution in [0.5, 0.6) is 0 Å². The monoisotopic (exact) mass is 377 g/mol. The summed E-state index contributed by atoms with van der Waals surface area (Å²) in [6.45, 7) is 2.96. The van der Waals surface area contributed by atoms with Crippen LogP contribution in [0.1, 0.15) is 23.3 Å². The number of carbonyl (C=O) groups excluding carboxylic acids is 1. The second kappa shape index (κ2) is 8.20. The van der Waals surface area contributed by atoms with E-state index >= 15 is 0 Å². The zero-order valence-electron chi connectivity index (χ0n) is 15.1. The van der Waals surface area contributed by atoms with Crippen LogP contribution in [0.3, 0.4) is 0 Å². The molecule has 1 N–H and O–H groups in total. The van der Waals surface area contributed by atoms with Gasteiger partial charge in [0.15, 0.2) is 11.5 Å². The second-order valence-corrected chi connectivity index (χ2v) is 7.55. The predicted octanol–water partition coefficient (Wildman–Crippen LogP) is 3.08. The van der Waals surface area contributed by atoms with Gasteiger partial charge in [0.25, 0.3) is 5.91 Å². The van der Waals surface area contributed by atoms with E-state index in [0.717, 1.165) is 38.2 Å². The Balaban J connectivity index is 1.65. The van der Waals surface area contributed by atoms with E-state index in [1.54, 1.807) is 18.2 Å². The average Bonchev–Trinajstić information content (AvgIpc) is 3.11. The van der Waals surface area contributed by atoms with Crippen molar-refractivity contribution < 1.29 is 14.1 Å². The molecule has 2 heterocycles. The number of ether oxygens (including phenoxy) is 1. The smallest absolute Gasteiger partial charge is 0.273 e. The molecule has 0 bridgehead atoms. The van der Waals surface area contributed by atoms with Gasteiger partial charge in [-0.25, -0.2) is 0 Å². The van der Waals surface area contributed by atoms with Crippen molar-refractivity contribution >= 4 is 17.5 Å². The number of carbonyl (C=O) groups is 1. The standard InChI is InChI=1S/C19H24ClN3O3/c1-23(2)13-19(7-9-25-10-8-19)12-21-18(24)16-11-17(26-22-16)14-3-5-15(20)6-4-14/h3-6,11H,7-10,12-13H2,1-2H3,(H,21,24). The van der Waals surface area contributed by atoms with Crippen molar-refractivity contribution in [2.75, 3.05) is 40.4 Å². The van der Waals surface area contributed by atoms with Gasteiger partial charge in [-0.15, -0.1) is 0 Å². The minimum Gasteiger partial charge on any atom is -0.381 e. The zero-order valence-corrected chi connectivity index (χ0v) is 15.9. The number of nitrogens with zero attached hydrogens (tertiary/aromatic N) is 2. The van der Waals surface area contributed by atoms with Gasteiger partial charge < -0.3 is 19.5 Å². The molecule has 6 nitrogen and oxygen atoms in total. The first-order valence-corrected chi connectivity index (χ1v) is 9.09. The minimum absolute atomic E-state index is 0.0279. The third-order valence-electron chi connectivity index (χ3n) is 4.70. The lowest BCUT2D eigenvalue weighted by atomic mass is 9.79. The highest BCUT2D eigenvalue weighted by Crippen LogP contribution is 2.30. The van der Waals surface area contributed by atoms with Crippen molar-refractivity contribution in [3.63, 3.8) is 0 Å². The number of rotatable bonds is 6. The van der Waals surface area contributed by atoms with Gasteiger partial charge in [0, 0.05) is 48.4 Å². The van der Waals surface area contributed by atoms with Crippen LogP contribution in [0.4, 0.5) is 0 Å². The van der Waals surface area contributed by atoms with Crippen LogP contribution in [0.2, 0.25) is 5.02 Å². The van der Waals surface area contributed by atoms with Crippen molar-refractivity contribution in [1.29, 1.82) is 0 Å². The molecule has 7 heteroatoms. The van der Waals surface area contributed by atoms with Crippen LogP contribution in [0, 0.1) is 5.41 Å². The summed E-state index contributed by atoms with van der Waals surface area (Å²) in [5.74, 6) is 0.319. The summed E-state index contributed by atoms with van der Waals surface area (Å²) in [6.07, 6.45) is 1.86. The summed E-state index contributed by atoms with van der Waals surface area (Å²) in [6, 6.07) is 8.86. The van der Waals surface area contributed by atoms with E-state index in [-0.39, 0.29) is 17.0 Å². The minimum atomic E-state index is -0.224. The molecule has 0 saturated carbocycles. The topological polar surface area (TPSA) is 67.6 Å². The van der Waals surface area contributed by atoms with Crippen molar-refractivity contribution in [1.82, 2.24) is 15.4 Å². The molecule has 0 aliphatic carbocycles. The molecule has 1 amide bonds. The van der Waals surface area contributed by atoms with E-state index in [4.69, 9.17) is 20.9 Å². The Morgan fingerprint density at radius 2 is 1.96 bits per heavy atom. The molecule has 3 rings (SSSR count). The first-order valence-electron chi connectivity index (χ1n) is 8.71. The number of hydrogen-bond acceptors (Lipinski definition) is 5. The summed E-state index contributed by atoms with van der Waals surface area (Å²) in [7, 11) is 4.10. The molecule has 1 fully saturated rings. The van der Waals surface area contributed by atoms with E-state index in [9.17, 15) is 4.79 Å². The van der Waals surface area contributed by atoms with Gasteiger partial charge in [-0.2, -0.15) is 0 Å². The number of benzene rings is 1. The normalized spacial score (nSPS) is 16.6. The highest BCUT2D eigenvalue weighted by Gasteiger charge is 2.33. The fourth-order valence-electron chi connectivity index (χ4n) is 3.36. The molecule has 0 radical (unpaired) electrons. The lowest BCUT2D eigenvalue weighted by molar-refractivity contribution is 0.00281. The summed E-state index contributed by atoms with van der Waals surface area (Å²) in [5, 5.41) is 7.58. The lowest BCUT2D eigenvalue weighted by Crippen LogP contribution is -2.47. The summed E-state index contributed by atoms with van der Waals surface area (Å²) in [4.78, 5) is 14.7. The number of halogens is 1. The maximum Gasteiger partial charge on any atom is 0.273 e. The Kier molecular flexibility index (Phi) is 5.96. The Labute approximate surface area is 158 Å². The molecule has 1 aliphatic heterocycles. The van der Waals surface area contributed by atoms with Gasteiger partial charge in [-0.3, -0.25) is 4.79 Å². The molecular weight excluding hydrogens is 354 g/mol. The van der Waals surface area contributed by atoms with E-state index < -0.39 is 0 Å². The van der Waals surface area contributed by atoms with Gasteiger partial charge in [-0.05, 0) is 51.2 Å². The molecule has 26 heavy (non-hydrogen) atoms. The zero-order chi connectivity index (χ0) is 18.6. The second-order valence-electron chi connectivity index (χ2n) is 7.12. The molecule has 1 aliphatic rings. The quantitative estimate of drug-likeness (QED) is 0.837. The maximum absolute atomic E-state index is 12.5. The molecule has 1 aromatic heterocycles. The van der Waals surface area contributed by atoms with Gasteiger partial charge >= 0.3 is 0 Å². The Hall–Kier alpha value is -1.89. The largest absolute Gasteiger partial charge is 0.381 e. The first kappa shape index (κ1) is 18.9. The average molecular weight is 378 g/mol. The Morgan fingerprint density at radius 3 is 2.62 bits per heavy atom. The highest BCUT2D eigenvalue weighted by atomic mass is 35.5. The molecule has 1 aromatic carbocycles. The highest BCUT2D eigenvalue weighted by molar-refractivity contribution is 6.30. The molecule has 2 aromatic rings. The van der Waals surface area contributed by atoms with E-state index in [1.165, 1.54) is 0 Å². The molecular formula is C19H24ClN3O3. The summed E-state index contributed by atoms with van der Waals surface area (Å²) < 4.78 is 10.8. The molecule has 0 spiro atoms. The molecule has 1 saturated heterocycles. The number of hydrogen-bond donors (Lipinski definition) is 1. The third kappa shape index (κ3) is 4.63. The molecule has 140 valence electrons. The Morgan fingerprint density at radius 1 is 1.27 bits per heavy atom. The van der Waals surface area contributed by atoms with Gasteiger partial charge in [0.05, 0.1) is 0 Å². The number of aromatic nitrogens is 1. The van der Waals surface area contributed by atoms with Crippen molar-refractivity contribution in [2.24, 2.45) is 5.41 Å². The van der Waals surface area contributed by atoms with E-state index in [1.807, 2.05) is 12.1 Å². The third-order valence-corrected chi connectivity index (χ3v) is 4.95. The predicted molar refractivity (Wildman–Crippen MR) is 100 cm³/mol. The van der Waals surface area contributed by atoms with E-state index in [0.29, 0.717) is 17.3 Å². The molecule has 0 unspecified atom stereocenters. The molecule has 0 atom stereocenters. The van der Waals surface area contributed by atoms with Crippen LogP contribution in [0.15, 0.2) is 34.9 Å². The van der Waals surface area contributed by atoms with Crippen molar-refractivity contribution in [3.8, 4) is 11.3 Å². The van der Waals surface area contributed by atoms with Crippen LogP contribution in [-0.2, 0) is 4.74 Å². The lowest BCUT2D eigenvalue weighted by Gasteiger charge is -2.39. The van der Waals surface area contributed by atoms with Crippen molar-refractivity contribution in [2.45, 2.75) is 12.8 Å². The number of nitrogens with one attached hydrogen (secondary N) is 1. The summed E-state index contributed by atoms with van der Waals surface area (Å²) in [5.41, 5.74) is 1.14. The van der Waals surface area contributed by atoms with E-state index in [2.05, 4.69) is 29.5 Å². The van der Waals surface area contributed by atoms with Crippen molar-refractivity contribution in [3.05, 3.63) is 41.0 Å². The fraction of sp³-hybridized carbons (Fsp3) is 0.474. The SMILES string of the molecule is CN(C)CC1(CNC(=O)c2cc(-c3ccc(Cl)cc3)on2)CCOCC1. The van der Waals surface area contributed by atoms with Gasteiger partial charge in [0.2, 0.25) is 0 Å². The van der Waals surface area contributed by atoms with Crippen LogP contribution in [-0.4, -0.2) is 56.4 Å². The maximum atomic E-state index is 12.5. The summed E-state index contributed by atoms with van der Waals surface area (Å²) >= 11 is 5.90. The van der Waals surface area contributed by atoms with Crippen LogP contribution < -0.4 is 5.32 Å².